The van der Waals surface area contributed by atoms with Crippen LogP contribution >= 0.6 is 0 Å². The first-order valence-electron chi connectivity index (χ1n) is 13.1. The van der Waals surface area contributed by atoms with Gasteiger partial charge in [0.05, 0.1) is 5.69 Å². The molecule has 0 aliphatic carbocycles. The van der Waals surface area contributed by atoms with Crippen LogP contribution in [0.2, 0.25) is 0 Å². The van der Waals surface area contributed by atoms with Crippen LogP contribution in [-0.4, -0.2) is 9.38 Å². The molecule has 0 radical (unpaired) electrons. The maximum absolute atomic E-state index is 5.99. The molecule has 7 rings (SSSR count). The zero-order chi connectivity index (χ0) is 26.7. The molecule has 0 fully saturated rings. The third-order valence-corrected chi connectivity index (χ3v) is 6.80. The van der Waals surface area contributed by atoms with Crippen molar-refractivity contribution in [3.05, 3.63) is 152 Å². The Morgan fingerprint density at radius 3 is 1.70 bits per heavy atom. The van der Waals surface area contributed by atoms with Gasteiger partial charge in [-0.05, 0) is 72.8 Å². The van der Waals surface area contributed by atoms with Crippen LogP contribution in [0.25, 0.3) is 28.4 Å². The second-order valence-corrected chi connectivity index (χ2v) is 9.36. The van der Waals surface area contributed by atoms with Crippen LogP contribution < -0.4 is 9.64 Å². The molecule has 0 atom stereocenters. The quantitative estimate of drug-likeness (QED) is 0.210. The molecule has 0 saturated heterocycles. The molecule has 0 aliphatic heterocycles. The lowest BCUT2D eigenvalue weighted by molar-refractivity contribution is 0.483. The van der Waals surface area contributed by atoms with Crippen LogP contribution in [0, 0.1) is 0 Å². The van der Waals surface area contributed by atoms with E-state index in [1.807, 2.05) is 77.3 Å². The summed E-state index contributed by atoms with van der Waals surface area (Å²) in [7, 11) is 0. The summed E-state index contributed by atoms with van der Waals surface area (Å²) in [5.74, 6) is 2.12. The van der Waals surface area contributed by atoms with Crippen LogP contribution in [0.4, 0.5) is 17.1 Å². The Labute approximate surface area is 232 Å². The van der Waals surface area contributed by atoms with Gasteiger partial charge in [-0.3, -0.25) is 4.40 Å². The SMILES string of the molecule is c1ccc(Oc2ccc(-c3nc4occn4c3-c3ccc(N(c4ccccc4)c4ccccc4)cc3)cc2)cc1. The molecule has 0 bridgehead atoms. The number of fused-ring (bicyclic) bond motifs is 1. The lowest BCUT2D eigenvalue weighted by atomic mass is 10.0. The van der Waals surface area contributed by atoms with E-state index in [0.717, 1.165) is 51.1 Å². The minimum absolute atomic E-state index is 0.550. The number of hydrogen-bond donors (Lipinski definition) is 0. The molecule has 0 spiro atoms. The zero-order valence-corrected chi connectivity index (χ0v) is 21.6. The van der Waals surface area contributed by atoms with E-state index in [-0.39, 0.29) is 0 Å². The lowest BCUT2D eigenvalue weighted by Gasteiger charge is -2.25. The summed E-state index contributed by atoms with van der Waals surface area (Å²) in [4.78, 5) is 7.08. The first-order valence-corrected chi connectivity index (χ1v) is 13.1. The fraction of sp³-hybridized carbons (Fsp3) is 0. The molecule has 192 valence electrons. The zero-order valence-electron chi connectivity index (χ0n) is 21.6. The average molecular weight is 520 g/mol. The molecular weight excluding hydrogens is 494 g/mol. The highest BCUT2D eigenvalue weighted by molar-refractivity contribution is 5.83. The number of imidazole rings is 1. The van der Waals surface area contributed by atoms with Gasteiger partial charge in [-0.1, -0.05) is 66.7 Å². The van der Waals surface area contributed by atoms with E-state index in [4.69, 9.17) is 14.1 Å². The van der Waals surface area contributed by atoms with Crippen molar-refractivity contribution in [2.75, 3.05) is 4.90 Å². The van der Waals surface area contributed by atoms with Crippen molar-refractivity contribution in [1.82, 2.24) is 9.38 Å². The number of rotatable bonds is 7. The van der Waals surface area contributed by atoms with E-state index < -0.39 is 0 Å². The minimum Gasteiger partial charge on any atom is -0.457 e. The summed E-state index contributed by atoms with van der Waals surface area (Å²) >= 11 is 0. The van der Waals surface area contributed by atoms with E-state index >= 15 is 0 Å². The van der Waals surface area contributed by atoms with Gasteiger partial charge in [0.2, 0.25) is 0 Å². The molecule has 2 aromatic heterocycles. The van der Waals surface area contributed by atoms with Gasteiger partial charge in [-0.25, -0.2) is 0 Å². The van der Waals surface area contributed by atoms with Crippen molar-refractivity contribution in [3.63, 3.8) is 0 Å². The van der Waals surface area contributed by atoms with Crippen LogP contribution in [0.3, 0.4) is 0 Å². The van der Waals surface area contributed by atoms with Crippen molar-refractivity contribution in [1.29, 1.82) is 0 Å². The number of ether oxygens (including phenoxy) is 1. The van der Waals surface area contributed by atoms with Crippen LogP contribution in [0.5, 0.6) is 11.5 Å². The normalized spacial score (nSPS) is 11.0. The first-order chi connectivity index (χ1) is 19.8. The standard InChI is InChI=1S/C35H25N3O2/c1-4-10-28(11-5-1)38(29-12-6-2-7-13-29)30-20-16-27(17-21-30)34-33(36-35-37(34)24-25-39-35)26-18-22-32(23-19-26)40-31-14-8-3-9-15-31/h1-25H. The first kappa shape index (κ1) is 23.6. The van der Waals surface area contributed by atoms with Crippen molar-refractivity contribution in [3.8, 4) is 34.0 Å². The number of anilines is 3. The van der Waals surface area contributed by atoms with Gasteiger partial charge in [0, 0.05) is 34.4 Å². The predicted molar refractivity (Wildman–Crippen MR) is 160 cm³/mol. The highest BCUT2D eigenvalue weighted by Gasteiger charge is 2.19. The molecule has 5 heteroatoms. The van der Waals surface area contributed by atoms with E-state index in [9.17, 15) is 0 Å². The maximum Gasteiger partial charge on any atom is 0.306 e. The summed E-state index contributed by atoms with van der Waals surface area (Å²) in [5.41, 5.74) is 7.10. The average Bonchev–Trinajstić information content (AvgIpc) is 3.62. The predicted octanol–water partition coefficient (Wildman–Crippen LogP) is 9.52. The topological polar surface area (TPSA) is 42.9 Å². The second kappa shape index (κ2) is 10.3. The lowest BCUT2D eigenvalue weighted by Crippen LogP contribution is -2.09. The van der Waals surface area contributed by atoms with Crippen molar-refractivity contribution >= 4 is 22.9 Å². The summed E-state index contributed by atoms with van der Waals surface area (Å²) in [6.07, 6.45) is 3.57. The third kappa shape index (κ3) is 4.50. The second-order valence-electron chi connectivity index (χ2n) is 9.36. The van der Waals surface area contributed by atoms with E-state index in [2.05, 4.69) is 77.7 Å². The summed E-state index contributed by atoms with van der Waals surface area (Å²) in [6, 6.07) is 47.1. The molecule has 0 aliphatic rings. The number of nitrogens with zero attached hydrogens (tertiary/aromatic N) is 3. The fourth-order valence-corrected chi connectivity index (χ4v) is 4.94. The van der Waals surface area contributed by atoms with Crippen molar-refractivity contribution in [2.45, 2.75) is 0 Å². The van der Waals surface area contributed by atoms with Gasteiger partial charge in [-0.2, -0.15) is 4.98 Å². The Hall–Kier alpha value is -5.55. The van der Waals surface area contributed by atoms with E-state index in [1.54, 1.807) is 6.26 Å². The van der Waals surface area contributed by atoms with Gasteiger partial charge in [0.25, 0.3) is 0 Å². The van der Waals surface area contributed by atoms with Crippen LogP contribution in [0.1, 0.15) is 0 Å². The molecule has 2 heterocycles. The Morgan fingerprint density at radius 2 is 1.07 bits per heavy atom. The Kier molecular flexibility index (Phi) is 6.07. The van der Waals surface area contributed by atoms with Crippen molar-refractivity contribution < 1.29 is 9.15 Å². The molecule has 0 unspecified atom stereocenters. The smallest absolute Gasteiger partial charge is 0.306 e. The molecule has 5 aromatic carbocycles. The monoisotopic (exact) mass is 519 g/mol. The van der Waals surface area contributed by atoms with E-state index in [1.165, 1.54) is 0 Å². The summed E-state index contributed by atoms with van der Waals surface area (Å²) < 4.78 is 13.7. The van der Waals surface area contributed by atoms with Gasteiger partial charge in [0.1, 0.15) is 23.5 Å². The summed E-state index contributed by atoms with van der Waals surface area (Å²) in [5, 5.41) is 0. The molecular formula is C35H25N3O2. The number of para-hydroxylation sites is 3. The number of oxazole rings is 1. The number of hydrogen-bond acceptors (Lipinski definition) is 4. The fourth-order valence-electron chi connectivity index (χ4n) is 4.94. The van der Waals surface area contributed by atoms with E-state index in [0.29, 0.717) is 5.84 Å². The Bertz CT molecular complexity index is 1800. The van der Waals surface area contributed by atoms with Gasteiger partial charge in [0.15, 0.2) is 0 Å². The van der Waals surface area contributed by atoms with Crippen molar-refractivity contribution in [2.24, 2.45) is 0 Å². The molecule has 7 aromatic rings. The largest absolute Gasteiger partial charge is 0.457 e. The molecule has 0 amide bonds. The van der Waals surface area contributed by atoms with Gasteiger partial charge >= 0.3 is 5.84 Å². The highest BCUT2D eigenvalue weighted by atomic mass is 16.5. The minimum atomic E-state index is 0.550. The van der Waals surface area contributed by atoms with Gasteiger partial charge in [-0.15, -0.1) is 0 Å². The Balaban J connectivity index is 1.25. The Morgan fingerprint density at radius 1 is 0.550 bits per heavy atom. The maximum atomic E-state index is 5.99. The number of benzene rings is 5. The summed E-state index contributed by atoms with van der Waals surface area (Å²) in [6.45, 7) is 0. The molecule has 0 N–H and O–H groups in total. The van der Waals surface area contributed by atoms with Gasteiger partial charge < -0.3 is 14.1 Å². The third-order valence-electron chi connectivity index (χ3n) is 6.80. The molecule has 40 heavy (non-hydrogen) atoms. The van der Waals surface area contributed by atoms with Crippen LogP contribution in [-0.2, 0) is 0 Å². The van der Waals surface area contributed by atoms with Crippen LogP contribution in [0.15, 0.2) is 156 Å². The number of aromatic nitrogens is 2. The highest BCUT2D eigenvalue weighted by Crippen LogP contribution is 2.38. The molecule has 0 saturated carbocycles. The molecule has 5 nitrogen and oxygen atoms in total.